The Labute approximate surface area is 295 Å². The topological polar surface area (TPSA) is 50.1 Å². The molecular formula is C35H49NO2S6. The van der Waals surface area contributed by atoms with Crippen molar-refractivity contribution in [3.8, 4) is 6.07 Å². The van der Waals surface area contributed by atoms with Gasteiger partial charge in [-0.3, -0.25) is 4.79 Å². The maximum atomic E-state index is 11.3. The van der Waals surface area contributed by atoms with E-state index in [1.165, 1.54) is 94.2 Å². The third-order valence-electron chi connectivity index (χ3n) is 6.70. The molecule has 0 aromatic heterocycles. The zero-order chi connectivity index (χ0) is 32.3. The van der Waals surface area contributed by atoms with Crippen LogP contribution in [0.25, 0.3) is 0 Å². The highest BCUT2D eigenvalue weighted by Crippen LogP contribution is 2.35. The molecule has 0 radical (unpaired) electrons. The molecule has 3 nitrogen and oxygen atoms in total. The van der Waals surface area contributed by atoms with E-state index < -0.39 is 4.75 Å². The summed E-state index contributed by atoms with van der Waals surface area (Å²) in [7, 11) is 1.37. The number of esters is 1. The van der Waals surface area contributed by atoms with Crippen molar-refractivity contribution in [2.75, 3.05) is 12.9 Å². The van der Waals surface area contributed by atoms with Crippen LogP contribution in [0.3, 0.4) is 0 Å². The summed E-state index contributed by atoms with van der Waals surface area (Å²) in [5.74, 6) is 2.65. The molecule has 0 bridgehead atoms. The number of benzene rings is 2. The van der Waals surface area contributed by atoms with Crippen molar-refractivity contribution in [3.63, 3.8) is 0 Å². The van der Waals surface area contributed by atoms with Crippen LogP contribution >= 0.6 is 71.5 Å². The number of ether oxygens (including phenoxy) is 1. The number of rotatable bonds is 19. The number of methoxy groups -OCH3 is 1. The van der Waals surface area contributed by atoms with Gasteiger partial charge >= 0.3 is 5.97 Å². The molecule has 0 saturated carbocycles. The minimum Gasteiger partial charge on any atom is -0.469 e. The molecule has 0 fully saturated rings. The number of thioether (sulfide) groups is 4. The van der Waals surface area contributed by atoms with Gasteiger partial charge in [0.05, 0.1) is 13.2 Å². The first-order chi connectivity index (χ1) is 21.3. The van der Waals surface area contributed by atoms with Gasteiger partial charge in [0.15, 0.2) is 0 Å². The Hall–Kier alpha value is -1.02. The third kappa shape index (κ3) is 22.5. The minimum atomic E-state index is -0.657. The SMILES string of the molecule is CCCCCCCCCCCCSC(=S)SC(C)(C#N)CCC(=O)OC.S=C(SCc1ccccc1)SCc1ccccc1. The van der Waals surface area contributed by atoms with Crippen molar-refractivity contribution >= 4 is 84.5 Å². The summed E-state index contributed by atoms with van der Waals surface area (Å²) in [5.41, 5.74) is 2.65. The van der Waals surface area contributed by atoms with E-state index in [1.54, 1.807) is 35.3 Å². The van der Waals surface area contributed by atoms with Crippen molar-refractivity contribution in [1.82, 2.24) is 0 Å². The summed E-state index contributed by atoms with van der Waals surface area (Å²) >= 11 is 17.3. The highest BCUT2D eigenvalue weighted by molar-refractivity contribution is 8.47. The van der Waals surface area contributed by atoms with Crippen molar-refractivity contribution in [3.05, 3.63) is 71.8 Å². The fraction of sp³-hybridized carbons (Fsp3) is 0.543. The molecule has 0 spiro atoms. The van der Waals surface area contributed by atoms with Crippen molar-refractivity contribution in [1.29, 1.82) is 5.26 Å². The lowest BCUT2D eigenvalue weighted by atomic mass is 10.1. The van der Waals surface area contributed by atoms with E-state index in [0.717, 1.165) is 24.3 Å². The van der Waals surface area contributed by atoms with Crippen LogP contribution in [-0.4, -0.2) is 30.6 Å². The quantitative estimate of drug-likeness (QED) is 0.0806. The summed E-state index contributed by atoms with van der Waals surface area (Å²) in [4.78, 5) is 11.3. The largest absolute Gasteiger partial charge is 0.469 e. The van der Waals surface area contributed by atoms with Gasteiger partial charge in [-0.15, -0.1) is 35.3 Å². The maximum absolute atomic E-state index is 11.3. The standard InChI is InChI=1S/C20H35NO2S3.C15H14S3/c1-4-5-6-7-8-9-10-11-12-13-16-25-19(24)26-20(2,17-21)15-14-18(22)23-3;16-15(17-11-13-7-3-1-4-8-13)18-12-14-9-5-2-6-10-14/h4-16H2,1-3H3;1-10H,11-12H2. The van der Waals surface area contributed by atoms with Gasteiger partial charge in [-0.1, -0.05) is 162 Å². The number of hydrogen-bond donors (Lipinski definition) is 0. The van der Waals surface area contributed by atoms with Crippen LogP contribution in [0.4, 0.5) is 0 Å². The molecule has 1 atom stereocenters. The second-order valence-corrected chi connectivity index (χ2v) is 17.6. The van der Waals surface area contributed by atoms with Gasteiger partial charge in [0.2, 0.25) is 0 Å². The van der Waals surface area contributed by atoms with E-state index in [0.29, 0.717) is 6.42 Å². The first-order valence-corrected chi connectivity index (χ1v) is 20.1. The van der Waals surface area contributed by atoms with E-state index in [1.807, 2.05) is 19.1 Å². The molecule has 0 aliphatic heterocycles. The normalized spacial score (nSPS) is 11.9. The van der Waals surface area contributed by atoms with Gasteiger partial charge in [0.25, 0.3) is 0 Å². The minimum absolute atomic E-state index is 0.249. The number of thiocarbonyl (C=S) groups is 2. The lowest BCUT2D eigenvalue weighted by Crippen LogP contribution is -2.20. The average Bonchev–Trinajstić information content (AvgIpc) is 3.05. The van der Waals surface area contributed by atoms with Crippen LogP contribution < -0.4 is 0 Å². The Morgan fingerprint density at radius 3 is 1.70 bits per heavy atom. The van der Waals surface area contributed by atoms with Gasteiger partial charge in [0.1, 0.15) is 11.8 Å². The molecule has 242 valence electrons. The van der Waals surface area contributed by atoms with Gasteiger partial charge < -0.3 is 4.74 Å². The van der Waals surface area contributed by atoms with E-state index >= 15 is 0 Å². The zero-order valence-corrected chi connectivity index (χ0v) is 31.5. The number of carbonyl (C=O) groups excluding carboxylic acids is 1. The fourth-order valence-corrected chi connectivity index (χ4v) is 8.97. The number of carbonyl (C=O) groups is 1. The zero-order valence-electron chi connectivity index (χ0n) is 26.6. The van der Waals surface area contributed by atoms with E-state index in [4.69, 9.17) is 24.4 Å². The molecule has 0 saturated heterocycles. The molecule has 0 amide bonds. The van der Waals surface area contributed by atoms with E-state index in [9.17, 15) is 10.1 Å². The van der Waals surface area contributed by atoms with Crippen LogP contribution in [0.1, 0.15) is 102 Å². The highest BCUT2D eigenvalue weighted by atomic mass is 32.2. The number of hydrogen-bond acceptors (Lipinski definition) is 9. The second-order valence-electron chi connectivity index (χ2n) is 10.6. The number of unbranched alkanes of at least 4 members (excludes halogenated alkanes) is 9. The van der Waals surface area contributed by atoms with Crippen molar-refractivity contribution in [2.45, 2.75) is 107 Å². The molecule has 0 aliphatic rings. The molecule has 0 N–H and O–H groups in total. The van der Waals surface area contributed by atoms with E-state index in [2.05, 4.69) is 66.3 Å². The van der Waals surface area contributed by atoms with Crippen LogP contribution in [-0.2, 0) is 21.0 Å². The summed E-state index contributed by atoms with van der Waals surface area (Å²) in [5, 5.41) is 9.39. The first-order valence-electron chi connectivity index (χ1n) is 15.5. The van der Waals surface area contributed by atoms with Crippen LogP contribution in [0.2, 0.25) is 0 Å². The third-order valence-corrected chi connectivity index (χ3v) is 12.4. The predicted octanol–water partition coefficient (Wildman–Crippen LogP) is 12.0. The smallest absolute Gasteiger partial charge is 0.305 e. The second kappa shape index (κ2) is 27.1. The molecule has 9 heteroatoms. The predicted molar refractivity (Wildman–Crippen MR) is 208 cm³/mol. The number of nitrogens with zero attached hydrogens (tertiary/aromatic N) is 1. The summed E-state index contributed by atoms with van der Waals surface area (Å²) in [6.07, 6.45) is 14.0. The summed E-state index contributed by atoms with van der Waals surface area (Å²) < 4.78 is 5.80. The molecule has 0 heterocycles. The van der Waals surface area contributed by atoms with Gasteiger partial charge in [-0.05, 0) is 36.6 Å². The maximum Gasteiger partial charge on any atom is 0.305 e. The summed E-state index contributed by atoms with van der Waals surface area (Å²) in [6, 6.07) is 23.2. The molecule has 0 aliphatic carbocycles. The van der Waals surface area contributed by atoms with Crippen LogP contribution in [0.15, 0.2) is 60.7 Å². The van der Waals surface area contributed by atoms with E-state index in [-0.39, 0.29) is 12.4 Å². The Balaban J connectivity index is 0.000000466. The Kier molecular flexibility index (Phi) is 25.3. The lowest BCUT2D eigenvalue weighted by Gasteiger charge is -2.20. The van der Waals surface area contributed by atoms with Crippen molar-refractivity contribution < 1.29 is 9.53 Å². The summed E-state index contributed by atoms with van der Waals surface area (Å²) in [6.45, 7) is 4.10. The van der Waals surface area contributed by atoms with Crippen LogP contribution in [0, 0.1) is 11.3 Å². The first kappa shape index (κ1) is 41.0. The average molecular weight is 708 g/mol. The molecule has 2 aromatic rings. The highest BCUT2D eigenvalue weighted by Gasteiger charge is 2.28. The van der Waals surface area contributed by atoms with Gasteiger partial charge in [-0.2, -0.15) is 5.26 Å². The Morgan fingerprint density at radius 1 is 0.773 bits per heavy atom. The molecule has 1 unspecified atom stereocenters. The van der Waals surface area contributed by atoms with Crippen molar-refractivity contribution in [2.24, 2.45) is 0 Å². The number of nitriles is 1. The molecule has 2 rings (SSSR count). The van der Waals surface area contributed by atoms with Gasteiger partial charge in [-0.25, -0.2) is 0 Å². The lowest BCUT2D eigenvalue weighted by molar-refractivity contribution is -0.140. The molecule has 44 heavy (non-hydrogen) atoms. The fourth-order valence-electron chi connectivity index (χ4n) is 4.01. The monoisotopic (exact) mass is 707 g/mol. The molecular weight excluding hydrogens is 659 g/mol. The Morgan fingerprint density at radius 2 is 1.25 bits per heavy atom. The molecule has 2 aromatic carbocycles. The van der Waals surface area contributed by atoms with Crippen LogP contribution in [0.5, 0.6) is 0 Å². The Bertz CT molecular complexity index is 1050. The van der Waals surface area contributed by atoms with Gasteiger partial charge in [0, 0.05) is 17.9 Å².